The van der Waals surface area contributed by atoms with Gasteiger partial charge in [0.05, 0.1) is 25.0 Å². The van der Waals surface area contributed by atoms with Crippen molar-refractivity contribution in [3.8, 4) is 0 Å². The molecule has 1 aromatic rings. The predicted octanol–water partition coefficient (Wildman–Crippen LogP) is 9.64. The number of morpholine rings is 1. The number of carbonyl (C=O) groups excluding carboxylic acids is 2. The van der Waals surface area contributed by atoms with Gasteiger partial charge in [0.15, 0.2) is 5.78 Å². The summed E-state index contributed by atoms with van der Waals surface area (Å²) in [5.41, 5.74) is 5.01. The van der Waals surface area contributed by atoms with Crippen molar-refractivity contribution in [3.05, 3.63) is 46.5 Å². The molecule has 1 unspecified atom stereocenters. The molecular weight excluding hydrogens is 737 g/mol. The average Bonchev–Trinajstić information content (AvgIpc) is 3.47. The van der Waals surface area contributed by atoms with Crippen molar-refractivity contribution in [3.63, 3.8) is 0 Å². The van der Waals surface area contributed by atoms with E-state index in [2.05, 4.69) is 82.9 Å². The molecule has 5 saturated carbocycles. The first-order chi connectivity index (χ1) is 27.8. The van der Waals surface area contributed by atoms with Crippen LogP contribution in [0, 0.1) is 68.0 Å². The van der Waals surface area contributed by atoms with Gasteiger partial charge in [-0.15, -0.1) is 0 Å². The lowest BCUT2D eigenvalue weighted by atomic mass is 9.33. The van der Waals surface area contributed by atoms with E-state index in [0.29, 0.717) is 36.4 Å². The quantitative estimate of drug-likeness (QED) is 0.168. The van der Waals surface area contributed by atoms with Crippen LogP contribution in [0.25, 0.3) is 0 Å². The van der Waals surface area contributed by atoms with Gasteiger partial charge in [-0.2, -0.15) is 0 Å². The van der Waals surface area contributed by atoms with Gasteiger partial charge in [0, 0.05) is 43.4 Å². The second kappa shape index (κ2) is 15.4. The van der Waals surface area contributed by atoms with Gasteiger partial charge < -0.3 is 19.9 Å². The molecular formula is C51H76N2O6. The van der Waals surface area contributed by atoms with E-state index in [9.17, 15) is 19.5 Å². The number of carboxylic acid groups (broad SMARTS) is 1. The number of ether oxygens (including phenoxy) is 2. The number of hydrogen-bond donors (Lipinski definition) is 2. The molecule has 1 heterocycles. The number of esters is 1. The van der Waals surface area contributed by atoms with Crippen molar-refractivity contribution in [2.24, 2.45) is 68.0 Å². The van der Waals surface area contributed by atoms with Crippen LogP contribution in [-0.2, 0) is 36.9 Å². The maximum absolute atomic E-state index is 14.2. The molecule has 10 atom stereocenters. The highest BCUT2D eigenvalue weighted by Crippen LogP contribution is 2.77. The Balaban J connectivity index is 0.961. The average molecular weight is 813 g/mol. The number of fused-ring (bicyclic) bond motifs is 7. The summed E-state index contributed by atoms with van der Waals surface area (Å²) in [6.07, 6.45) is 10.8. The first kappa shape index (κ1) is 43.1. The van der Waals surface area contributed by atoms with E-state index < -0.39 is 17.3 Å². The summed E-state index contributed by atoms with van der Waals surface area (Å²) >= 11 is 0. The zero-order chi connectivity index (χ0) is 42.3. The van der Waals surface area contributed by atoms with E-state index in [4.69, 9.17) is 9.47 Å². The zero-order valence-corrected chi connectivity index (χ0v) is 38.0. The number of ketones is 1. The van der Waals surface area contributed by atoms with Crippen molar-refractivity contribution in [2.75, 3.05) is 32.8 Å². The molecule has 6 aliphatic carbocycles. The molecule has 1 aliphatic heterocycles. The Morgan fingerprint density at radius 2 is 1.54 bits per heavy atom. The van der Waals surface area contributed by atoms with Crippen LogP contribution in [0.4, 0.5) is 0 Å². The van der Waals surface area contributed by atoms with Crippen LogP contribution in [0.3, 0.4) is 0 Å². The number of nitrogens with zero attached hydrogens (tertiary/aromatic N) is 1. The zero-order valence-electron chi connectivity index (χ0n) is 38.0. The van der Waals surface area contributed by atoms with E-state index >= 15 is 0 Å². The summed E-state index contributed by atoms with van der Waals surface area (Å²) in [5.74, 6) is 0.237. The summed E-state index contributed by atoms with van der Waals surface area (Å²) in [7, 11) is 0. The summed E-state index contributed by atoms with van der Waals surface area (Å²) < 4.78 is 12.0. The number of Topliss-reactive ketones (excluding diaryl/α,β-unsaturated/α-hetero) is 1. The Bertz CT molecular complexity index is 1830. The lowest BCUT2D eigenvalue weighted by molar-refractivity contribution is -0.236. The summed E-state index contributed by atoms with van der Waals surface area (Å²) in [6, 6.07) is 9.11. The summed E-state index contributed by atoms with van der Waals surface area (Å²) in [5, 5.41) is 13.5. The fraction of sp³-hybridized carbons (Fsp3) is 0.784. The third-order valence-corrected chi connectivity index (χ3v) is 19.3. The van der Waals surface area contributed by atoms with Crippen LogP contribution in [0.15, 0.2) is 35.4 Å². The van der Waals surface area contributed by atoms with E-state index in [-0.39, 0.29) is 51.0 Å². The summed E-state index contributed by atoms with van der Waals surface area (Å²) in [6.45, 7) is 27.3. The van der Waals surface area contributed by atoms with Gasteiger partial charge in [-0.05, 0) is 133 Å². The van der Waals surface area contributed by atoms with Crippen LogP contribution < -0.4 is 5.32 Å². The normalized spacial score (nSPS) is 40.1. The number of hydrogen-bond acceptors (Lipinski definition) is 7. The third-order valence-electron chi connectivity index (χ3n) is 19.3. The minimum Gasteiger partial charge on any atom is -0.481 e. The van der Waals surface area contributed by atoms with Crippen molar-refractivity contribution in [1.29, 1.82) is 0 Å². The number of benzene rings is 1. The van der Waals surface area contributed by atoms with Gasteiger partial charge in [-0.3, -0.25) is 19.3 Å². The molecule has 8 nitrogen and oxygen atoms in total. The number of carbonyl (C=O) groups is 3. The molecule has 0 amide bonds. The molecule has 7 aliphatic rings. The van der Waals surface area contributed by atoms with Crippen molar-refractivity contribution in [1.82, 2.24) is 10.2 Å². The smallest absolute Gasteiger partial charge is 0.309 e. The van der Waals surface area contributed by atoms with Crippen LogP contribution in [0.2, 0.25) is 0 Å². The maximum Gasteiger partial charge on any atom is 0.309 e. The highest BCUT2D eigenvalue weighted by atomic mass is 16.5. The van der Waals surface area contributed by atoms with Gasteiger partial charge in [-0.1, -0.05) is 92.2 Å². The van der Waals surface area contributed by atoms with Crippen molar-refractivity contribution in [2.45, 2.75) is 152 Å². The fourth-order valence-electron chi connectivity index (χ4n) is 15.5. The lowest BCUT2D eigenvalue weighted by Crippen LogP contribution is -2.66. The molecule has 6 fully saturated rings. The topological polar surface area (TPSA) is 105 Å². The van der Waals surface area contributed by atoms with Gasteiger partial charge in [0.2, 0.25) is 0 Å². The lowest BCUT2D eigenvalue weighted by Gasteiger charge is -2.72. The molecule has 0 spiro atoms. The number of nitrogens with one attached hydrogen (secondary N) is 1. The fourth-order valence-corrected chi connectivity index (χ4v) is 15.5. The number of allylic oxidation sites excluding steroid dienone is 2. The molecule has 1 saturated heterocycles. The number of carboxylic acids is 1. The second-order valence-electron chi connectivity index (χ2n) is 22.9. The minimum absolute atomic E-state index is 0.0381. The molecule has 59 heavy (non-hydrogen) atoms. The van der Waals surface area contributed by atoms with Crippen LogP contribution >= 0.6 is 0 Å². The number of aliphatic carboxylic acids is 1. The molecule has 1 aromatic carbocycles. The van der Waals surface area contributed by atoms with E-state index in [1.54, 1.807) is 5.57 Å². The Morgan fingerprint density at radius 1 is 0.847 bits per heavy atom. The number of rotatable bonds is 11. The highest BCUT2D eigenvalue weighted by molar-refractivity contribution is 6.00. The van der Waals surface area contributed by atoms with Crippen LogP contribution in [0.1, 0.15) is 144 Å². The molecule has 0 radical (unpaired) electrons. The SMILES string of the molecule is CC(C)C1=C2[C@H]3CC[C@@H]4[C@@]5(C)CC[C@H](OC(=O)[C@H]6C[C@@H](C(=O)O)C6(C)C)C(C)(C)[C@@H]5CC[C@@]4(C)[C@]3(C)CCC2(CCNCc2ccc(CN3CCOCC3)cc2)CC1=O. The van der Waals surface area contributed by atoms with Crippen LogP contribution in [0.5, 0.6) is 0 Å². The molecule has 2 N–H and O–H groups in total. The molecule has 8 heteroatoms. The van der Waals surface area contributed by atoms with Crippen molar-refractivity contribution < 1.29 is 29.0 Å². The molecule has 326 valence electrons. The van der Waals surface area contributed by atoms with E-state index in [1.165, 1.54) is 36.0 Å². The largest absolute Gasteiger partial charge is 0.481 e. The Kier molecular flexibility index (Phi) is 11.2. The predicted molar refractivity (Wildman–Crippen MR) is 231 cm³/mol. The third kappa shape index (κ3) is 6.91. The first-order valence-corrected chi connectivity index (χ1v) is 23.6. The van der Waals surface area contributed by atoms with E-state index in [0.717, 1.165) is 84.5 Å². The maximum atomic E-state index is 14.2. The molecule has 0 aromatic heterocycles. The van der Waals surface area contributed by atoms with Gasteiger partial charge in [0.1, 0.15) is 6.10 Å². The van der Waals surface area contributed by atoms with E-state index in [1.807, 2.05) is 13.8 Å². The standard InChI is InChI=1S/C51H76N2O6/c1-32(2)42-38(54)29-51(22-23-52-30-33-10-12-34(13-11-33)31-53-24-26-58-27-25-53)21-20-49(8)35(43(42)51)14-15-40-48(7)18-17-41(47(5,6)39(48)16-19-50(40,49)9)59-45(57)37-28-36(44(55)56)46(37,3)4/h10-13,32,35-37,39-41,52H,14-31H2,1-9H3,(H,55,56)/t35-,36+,37-,39+,40-,41+,48+,49-,50-,51?/m1/s1. The minimum atomic E-state index is -0.814. The Hall–Kier alpha value is -2.55. The molecule has 0 bridgehead atoms. The van der Waals surface area contributed by atoms with Crippen molar-refractivity contribution >= 4 is 17.7 Å². The summed E-state index contributed by atoms with van der Waals surface area (Å²) in [4.78, 5) is 42.1. The molecule has 8 rings (SSSR count). The monoisotopic (exact) mass is 813 g/mol. The van der Waals surface area contributed by atoms with Gasteiger partial charge in [0.25, 0.3) is 0 Å². The Morgan fingerprint density at radius 3 is 2.20 bits per heavy atom. The van der Waals surface area contributed by atoms with Crippen LogP contribution in [-0.4, -0.2) is 66.7 Å². The first-order valence-electron chi connectivity index (χ1n) is 23.6. The highest BCUT2D eigenvalue weighted by Gasteiger charge is 2.70. The van der Waals surface area contributed by atoms with Gasteiger partial charge in [-0.25, -0.2) is 0 Å². The second-order valence-corrected chi connectivity index (χ2v) is 22.9. The Labute approximate surface area is 355 Å². The van der Waals surface area contributed by atoms with Gasteiger partial charge >= 0.3 is 11.9 Å².